The van der Waals surface area contributed by atoms with E-state index in [4.69, 9.17) is 0 Å². The van der Waals surface area contributed by atoms with Crippen LogP contribution in [0.1, 0.15) is 31.1 Å². The van der Waals surface area contributed by atoms with Crippen LogP contribution in [-0.2, 0) is 13.5 Å². The summed E-state index contributed by atoms with van der Waals surface area (Å²) in [7, 11) is 6.22. The summed E-state index contributed by atoms with van der Waals surface area (Å²) >= 11 is 0. The smallest absolute Gasteiger partial charge is 0.0571 e. The van der Waals surface area contributed by atoms with Crippen molar-refractivity contribution < 1.29 is 0 Å². The van der Waals surface area contributed by atoms with Gasteiger partial charge in [-0.3, -0.25) is 4.68 Å². The quantitative estimate of drug-likeness (QED) is 0.838. The summed E-state index contributed by atoms with van der Waals surface area (Å²) in [5.41, 5.74) is 5.12. The van der Waals surface area contributed by atoms with Gasteiger partial charge in [0, 0.05) is 24.3 Å². The van der Waals surface area contributed by atoms with E-state index in [0.29, 0.717) is 6.04 Å². The molecule has 0 spiro atoms. The van der Waals surface area contributed by atoms with Crippen molar-refractivity contribution in [1.29, 1.82) is 0 Å². The van der Waals surface area contributed by atoms with E-state index in [1.54, 1.807) is 0 Å². The van der Waals surface area contributed by atoms with Crippen LogP contribution in [0.15, 0.2) is 30.5 Å². The maximum absolute atomic E-state index is 4.36. The zero-order chi connectivity index (χ0) is 14.0. The number of hydrogen-bond acceptors (Lipinski definition) is 2. The second kappa shape index (κ2) is 5.57. The molecule has 102 valence electrons. The van der Waals surface area contributed by atoms with Crippen molar-refractivity contribution in [3.63, 3.8) is 0 Å². The van der Waals surface area contributed by atoms with Crippen molar-refractivity contribution in [3.8, 4) is 11.1 Å². The SMILES string of the molecule is CCc1c(-c2ccc(C(C)N(C)C)cc2)cnn1C. The number of aryl methyl sites for hydroxylation is 1. The summed E-state index contributed by atoms with van der Waals surface area (Å²) in [6.45, 7) is 4.39. The molecule has 0 fully saturated rings. The Bertz CT molecular complexity index is 538. The lowest BCUT2D eigenvalue weighted by Crippen LogP contribution is -2.16. The van der Waals surface area contributed by atoms with Crippen molar-refractivity contribution in [2.24, 2.45) is 7.05 Å². The average Bonchev–Trinajstić information content (AvgIpc) is 2.79. The molecular weight excluding hydrogens is 234 g/mol. The Labute approximate surface area is 115 Å². The zero-order valence-electron chi connectivity index (χ0n) is 12.5. The molecule has 3 nitrogen and oxygen atoms in total. The van der Waals surface area contributed by atoms with Gasteiger partial charge in [0.2, 0.25) is 0 Å². The minimum Gasteiger partial charge on any atom is -0.303 e. The largest absolute Gasteiger partial charge is 0.303 e. The Morgan fingerprint density at radius 1 is 1.21 bits per heavy atom. The second-order valence-corrected chi connectivity index (χ2v) is 5.24. The summed E-state index contributed by atoms with van der Waals surface area (Å²) in [5, 5.41) is 4.36. The summed E-state index contributed by atoms with van der Waals surface area (Å²) in [5.74, 6) is 0. The highest BCUT2D eigenvalue weighted by atomic mass is 15.3. The monoisotopic (exact) mass is 257 g/mol. The fraction of sp³-hybridized carbons (Fsp3) is 0.438. The number of benzene rings is 1. The third kappa shape index (κ3) is 2.71. The first-order valence-corrected chi connectivity index (χ1v) is 6.82. The summed E-state index contributed by atoms with van der Waals surface area (Å²) < 4.78 is 1.96. The molecule has 3 heteroatoms. The van der Waals surface area contributed by atoms with Crippen LogP contribution < -0.4 is 0 Å². The van der Waals surface area contributed by atoms with E-state index in [9.17, 15) is 0 Å². The molecule has 1 atom stereocenters. The Morgan fingerprint density at radius 3 is 2.37 bits per heavy atom. The minimum absolute atomic E-state index is 0.439. The van der Waals surface area contributed by atoms with Crippen molar-refractivity contribution >= 4 is 0 Å². The number of nitrogens with zero attached hydrogens (tertiary/aromatic N) is 3. The molecule has 0 N–H and O–H groups in total. The highest BCUT2D eigenvalue weighted by Crippen LogP contribution is 2.26. The first-order valence-electron chi connectivity index (χ1n) is 6.82. The zero-order valence-corrected chi connectivity index (χ0v) is 12.5. The summed E-state index contributed by atoms with van der Waals surface area (Å²) in [4.78, 5) is 2.22. The molecule has 1 aromatic heterocycles. The molecule has 1 aromatic carbocycles. The van der Waals surface area contributed by atoms with Gasteiger partial charge in [0.25, 0.3) is 0 Å². The highest BCUT2D eigenvalue weighted by molar-refractivity contribution is 5.65. The topological polar surface area (TPSA) is 21.1 Å². The molecule has 0 aliphatic carbocycles. The highest BCUT2D eigenvalue weighted by Gasteiger charge is 2.11. The number of hydrogen-bond donors (Lipinski definition) is 0. The van der Waals surface area contributed by atoms with E-state index in [0.717, 1.165) is 6.42 Å². The van der Waals surface area contributed by atoms with Crippen LogP contribution >= 0.6 is 0 Å². The van der Waals surface area contributed by atoms with Gasteiger partial charge in [0.05, 0.1) is 6.20 Å². The van der Waals surface area contributed by atoms with E-state index >= 15 is 0 Å². The molecule has 19 heavy (non-hydrogen) atoms. The number of rotatable bonds is 4. The predicted molar refractivity (Wildman–Crippen MR) is 80.1 cm³/mol. The van der Waals surface area contributed by atoms with E-state index in [1.165, 1.54) is 22.4 Å². The predicted octanol–water partition coefficient (Wildman–Crippen LogP) is 3.27. The standard InChI is InChI=1S/C16H23N3/c1-6-16-15(11-17-19(16)5)14-9-7-13(8-10-14)12(2)18(3)4/h7-12H,6H2,1-5H3. The lowest BCUT2D eigenvalue weighted by atomic mass is 10.0. The van der Waals surface area contributed by atoms with E-state index in [-0.39, 0.29) is 0 Å². The molecule has 2 aromatic rings. The van der Waals surface area contributed by atoms with Crippen LogP contribution in [0.2, 0.25) is 0 Å². The normalized spacial score (nSPS) is 12.9. The summed E-state index contributed by atoms with van der Waals surface area (Å²) in [6, 6.07) is 9.27. The second-order valence-electron chi connectivity index (χ2n) is 5.24. The lowest BCUT2D eigenvalue weighted by Gasteiger charge is -2.20. The van der Waals surface area contributed by atoms with Crippen LogP contribution in [0, 0.1) is 0 Å². The average molecular weight is 257 g/mol. The van der Waals surface area contributed by atoms with Crippen molar-refractivity contribution in [2.75, 3.05) is 14.1 Å². The molecule has 1 unspecified atom stereocenters. The van der Waals surface area contributed by atoms with Gasteiger partial charge in [-0.25, -0.2) is 0 Å². The molecule has 1 heterocycles. The fourth-order valence-corrected chi connectivity index (χ4v) is 2.36. The summed E-state index contributed by atoms with van der Waals surface area (Å²) in [6.07, 6.45) is 2.96. The lowest BCUT2D eigenvalue weighted by molar-refractivity contribution is 0.321. The Kier molecular flexibility index (Phi) is 4.05. The first kappa shape index (κ1) is 13.8. The molecule has 0 bridgehead atoms. The molecular formula is C16H23N3. The van der Waals surface area contributed by atoms with Crippen LogP contribution in [0.4, 0.5) is 0 Å². The van der Waals surface area contributed by atoms with Gasteiger partial charge in [-0.05, 0) is 38.6 Å². The Hall–Kier alpha value is -1.61. The van der Waals surface area contributed by atoms with Crippen LogP contribution in [0.25, 0.3) is 11.1 Å². The van der Waals surface area contributed by atoms with Gasteiger partial charge in [0.15, 0.2) is 0 Å². The Balaban J connectivity index is 2.32. The van der Waals surface area contributed by atoms with E-state index in [1.807, 2.05) is 17.9 Å². The molecule has 0 saturated heterocycles. The van der Waals surface area contributed by atoms with E-state index < -0.39 is 0 Å². The molecule has 0 radical (unpaired) electrons. The molecule has 0 amide bonds. The van der Waals surface area contributed by atoms with Crippen molar-refractivity contribution in [3.05, 3.63) is 41.7 Å². The Morgan fingerprint density at radius 2 is 1.84 bits per heavy atom. The maximum atomic E-state index is 4.36. The van der Waals surface area contributed by atoms with Gasteiger partial charge in [-0.1, -0.05) is 31.2 Å². The fourth-order valence-electron chi connectivity index (χ4n) is 2.36. The van der Waals surface area contributed by atoms with Gasteiger partial charge >= 0.3 is 0 Å². The third-order valence-corrected chi connectivity index (χ3v) is 3.88. The maximum Gasteiger partial charge on any atom is 0.0571 e. The van der Waals surface area contributed by atoms with Gasteiger partial charge in [-0.15, -0.1) is 0 Å². The van der Waals surface area contributed by atoms with Crippen molar-refractivity contribution in [1.82, 2.24) is 14.7 Å². The van der Waals surface area contributed by atoms with Gasteiger partial charge in [-0.2, -0.15) is 5.10 Å². The van der Waals surface area contributed by atoms with Crippen LogP contribution in [0.5, 0.6) is 0 Å². The van der Waals surface area contributed by atoms with Crippen LogP contribution in [0.3, 0.4) is 0 Å². The molecule has 0 aliphatic heterocycles. The van der Waals surface area contributed by atoms with Crippen LogP contribution in [-0.4, -0.2) is 28.8 Å². The molecule has 0 saturated carbocycles. The van der Waals surface area contributed by atoms with Gasteiger partial charge < -0.3 is 4.90 Å². The van der Waals surface area contributed by atoms with E-state index in [2.05, 4.69) is 62.2 Å². The molecule has 0 aliphatic rings. The minimum atomic E-state index is 0.439. The van der Waals surface area contributed by atoms with Crippen molar-refractivity contribution in [2.45, 2.75) is 26.3 Å². The number of aromatic nitrogens is 2. The molecule has 2 rings (SSSR count). The third-order valence-electron chi connectivity index (χ3n) is 3.88. The van der Waals surface area contributed by atoms with Gasteiger partial charge in [0.1, 0.15) is 0 Å². The first-order chi connectivity index (χ1) is 9.04.